The summed E-state index contributed by atoms with van der Waals surface area (Å²) in [5.41, 5.74) is 1.25. The standard InChI is InChI=1S/C22H29NO3/c1-3-5-6-9-16-26-21-14-8-7-13-20(21)22(24)23-18-11-10-12-19(17-18)25-15-4-2/h7-8,10-14,17H,3-6,9,15-16H2,1-2H3,(H,23,24). The number of rotatable bonds is 11. The number of benzene rings is 2. The second-order valence-corrected chi connectivity index (χ2v) is 6.24. The number of amides is 1. The maximum atomic E-state index is 12.7. The second kappa shape index (κ2) is 11.2. The van der Waals surface area contributed by atoms with E-state index in [1.54, 1.807) is 6.07 Å². The fourth-order valence-electron chi connectivity index (χ4n) is 2.57. The van der Waals surface area contributed by atoms with Crippen LogP contribution in [0.4, 0.5) is 5.69 Å². The number of nitrogens with one attached hydrogen (secondary N) is 1. The first-order chi connectivity index (χ1) is 12.7. The van der Waals surface area contributed by atoms with Crippen molar-refractivity contribution in [3.05, 3.63) is 54.1 Å². The van der Waals surface area contributed by atoms with E-state index in [2.05, 4.69) is 19.2 Å². The number of unbranched alkanes of at least 4 members (excludes halogenated alkanes) is 3. The summed E-state index contributed by atoms with van der Waals surface area (Å²) >= 11 is 0. The Balaban J connectivity index is 1.98. The summed E-state index contributed by atoms with van der Waals surface area (Å²) in [5, 5.41) is 2.93. The number of hydrogen-bond donors (Lipinski definition) is 1. The van der Waals surface area contributed by atoms with Gasteiger partial charge in [0, 0.05) is 11.8 Å². The highest BCUT2D eigenvalue weighted by molar-refractivity contribution is 6.06. The van der Waals surface area contributed by atoms with E-state index in [1.807, 2.05) is 42.5 Å². The predicted molar refractivity (Wildman–Crippen MR) is 106 cm³/mol. The molecule has 0 saturated heterocycles. The van der Waals surface area contributed by atoms with Gasteiger partial charge in [0.15, 0.2) is 0 Å². The third-order valence-electron chi connectivity index (χ3n) is 3.95. The second-order valence-electron chi connectivity index (χ2n) is 6.24. The SMILES string of the molecule is CCCCCCOc1ccccc1C(=O)Nc1cccc(OCCC)c1. The predicted octanol–water partition coefficient (Wildman–Crippen LogP) is 5.69. The highest BCUT2D eigenvalue weighted by Crippen LogP contribution is 2.22. The molecule has 2 rings (SSSR count). The Morgan fingerprint density at radius 1 is 0.885 bits per heavy atom. The topological polar surface area (TPSA) is 47.6 Å². The van der Waals surface area contributed by atoms with Crippen LogP contribution in [0.15, 0.2) is 48.5 Å². The lowest BCUT2D eigenvalue weighted by Gasteiger charge is -2.12. The van der Waals surface area contributed by atoms with Crippen LogP contribution < -0.4 is 14.8 Å². The van der Waals surface area contributed by atoms with Gasteiger partial charge in [-0.15, -0.1) is 0 Å². The number of anilines is 1. The molecule has 4 nitrogen and oxygen atoms in total. The number of hydrogen-bond acceptors (Lipinski definition) is 3. The summed E-state index contributed by atoms with van der Waals surface area (Å²) in [4.78, 5) is 12.7. The number of para-hydroxylation sites is 1. The van der Waals surface area contributed by atoms with Crippen molar-refractivity contribution in [2.75, 3.05) is 18.5 Å². The van der Waals surface area contributed by atoms with Crippen molar-refractivity contribution < 1.29 is 14.3 Å². The minimum absolute atomic E-state index is 0.179. The van der Waals surface area contributed by atoms with Crippen molar-refractivity contribution in [2.45, 2.75) is 46.0 Å². The molecule has 0 spiro atoms. The summed E-state index contributed by atoms with van der Waals surface area (Å²) in [5.74, 6) is 1.20. The van der Waals surface area contributed by atoms with E-state index in [4.69, 9.17) is 9.47 Å². The third-order valence-corrected chi connectivity index (χ3v) is 3.95. The van der Waals surface area contributed by atoms with Gasteiger partial charge in [0.05, 0.1) is 18.8 Å². The molecule has 2 aromatic rings. The quantitative estimate of drug-likeness (QED) is 0.527. The van der Waals surface area contributed by atoms with Gasteiger partial charge >= 0.3 is 0 Å². The lowest BCUT2D eigenvalue weighted by atomic mass is 10.1. The minimum Gasteiger partial charge on any atom is -0.494 e. The zero-order chi connectivity index (χ0) is 18.6. The van der Waals surface area contributed by atoms with E-state index < -0.39 is 0 Å². The van der Waals surface area contributed by atoms with Gasteiger partial charge in [-0.3, -0.25) is 4.79 Å². The van der Waals surface area contributed by atoms with Gasteiger partial charge in [0.25, 0.3) is 5.91 Å². The maximum absolute atomic E-state index is 12.7. The van der Waals surface area contributed by atoms with Crippen molar-refractivity contribution >= 4 is 11.6 Å². The molecule has 0 unspecified atom stereocenters. The molecule has 0 aliphatic carbocycles. The van der Waals surface area contributed by atoms with Gasteiger partial charge in [-0.1, -0.05) is 51.3 Å². The third kappa shape index (κ3) is 6.43. The van der Waals surface area contributed by atoms with Gasteiger partial charge in [0.1, 0.15) is 11.5 Å². The van der Waals surface area contributed by atoms with Crippen LogP contribution in [0.1, 0.15) is 56.3 Å². The van der Waals surface area contributed by atoms with Crippen LogP contribution in [0, 0.1) is 0 Å². The summed E-state index contributed by atoms with van der Waals surface area (Å²) < 4.78 is 11.5. The Morgan fingerprint density at radius 3 is 2.54 bits per heavy atom. The summed E-state index contributed by atoms with van der Waals surface area (Å²) in [6, 6.07) is 14.8. The zero-order valence-corrected chi connectivity index (χ0v) is 15.8. The molecule has 1 N–H and O–H groups in total. The van der Waals surface area contributed by atoms with Crippen molar-refractivity contribution in [2.24, 2.45) is 0 Å². The lowest BCUT2D eigenvalue weighted by molar-refractivity contribution is 0.102. The number of ether oxygens (including phenoxy) is 2. The van der Waals surface area contributed by atoms with Gasteiger partial charge < -0.3 is 14.8 Å². The molecule has 0 heterocycles. The van der Waals surface area contributed by atoms with Gasteiger partial charge in [-0.05, 0) is 37.1 Å². The largest absolute Gasteiger partial charge is 0.494 e. The molecule has 4 heteroatoms. The summed E-state index contributed by atoms with van der Waals surface area (Å²) in [7, 11) is 0. The lowest BCUT2D eigenvalue weighted by Crippen LogP contribution is -2.14. The van der Waals surface area contributed by atoms with E-state index in [0.717, 1.165) is 25.0 Å². The molecule has 0 saturated carbocycles. The zero-order valence-electron chi connectivity index (χ0n) is 15.8. The van der Waals surface area contributed by atoms with Crippen molar-refractivity contribution in [3.63, 3.8) is 0 Å². The molecule has 0 aliphatic heterocycles. The highest BCUT2D eigenvalue weighted by Gasteiger charge is 2.12. The average Bonchev–Trinajstić information content (AvgIpc) is 2.67. The summed E-state index contributed by atoms with van der Waals surface area (Å²) in [6.07, 6.45) is 5.50. The maximum Gasteiger partial charge on any atom is 0.259 e. The van der Waals surface area contributed by atoms with Crippen LogP contribution in [0.3, 0.4) is 0 Å². The van der Waals surface area contributed by atoms with E-state index >= 15 is 0 Å². The first kappa shape index (κ1) is 19.8. The fraction of sp³-hybridized carbons (Fsp3) is 0.409. The minimum atomic E-state index is -0.179. The van der Waals surface area contributed by atoms with E-state index in [1.165, 1.54) is 12.8 Å². The summed E-state index contributed by atoms with van der Waals surface area (Å²) in [6.45, 7) is 5.53. The Kier molecular flexibility index (Phi) is 8.53. The Bertz CT molecular complexity index is 685. The van der Waals surface area contributed by atoms with E-state index in [9.17, 15) is 4.79 Å². The van der Waals surface area contributed by atoms with Gasteiger partial charge in [0.2, 0.25) is 0 Å². The van der Waals surface area contributed by atoms with E-state index in [0.29, 0.717) is 30.2 Å². The number of carbonyl (C=O) groups is 1. The molecule has 140 valence electrons. The first-order valence-electron chi connectivity index (χ1n) is 9.50. The first-order valence-corrected chi connectivity index (χ1v) is 9.50. The molecule has 0 aromatic heterocycles. The van der Waals surface area contributed by atoms with Crippen molar-refractivity contribution in [3.8, 4) is 11.5 Å². The molecular formula is C22H29NO3. The molecule has 0 atom stereocenters. The smallest absolute Gasteiger partial charge is 0.259 e. The molecular weight excluding hydrogens is 326 g/mol. The molecule has 1 amide bonds. The van der Waals surface area contributed by atoms with Gasteiger partial charge in [-0.25, -0.2) is 0 Å². The molecule has 0 fully saturated rings. The average molecular weight is 355 g/mol. The van der Waals surface area contributed by atoms with Crippen LogP contribution in [0.5, 0.6) is 11.5 Å². The van der Waals surface area contributed by atoms with E-state index in [-0.39, 0.29) is 5.91 Å². The number of carbonyl (C=O) groups excluding carboxylic acids is 1. The van der Waals surface area contributed by atoms with Crippen LogP contribution in [-0.4, -0.2) is 19.1 Å². The van der Waals surface area contributed by atoms with Crippen LogP contribution in [-0.2, 0) is 0 Å². The van der Waals surface area contributed by atoms with Crippen molar-refractivity contribution in [1.82, 2.24) is 0 Å². The fourth-order valence-corrected chi connectivity index (χ4v) is 2.57. The van der Waals surface area contributed by atoms with Crippen LogP contribution in [0.2, 0.25) is 0 Å². The van der Waals surface area contributed by atoms with Crippen LogP contribution >= 0.6 is 0 Å². The molecule has 0 radical (unpaired) electrons. The Labute approximate surface area is 156 Å². The van der Waals surface area contributed by atoms with Crippen LogP contribution in [0.25, 0.3) is 0 Å². The molecule has 2 aromatic carbocycles. The molecule has 26 heavy (non-hydrogen) atoms. The van der Waals surface area contributed by atoms with Gasteiger partial charge in [-0.2, -0.15) is 0 Å². The van der Waals surface area contributed by atoms with Crippen molar-refractivity contribution in [1.29, 1.82) is 0 Å². The molecule has 0 aliphatic rings. The monoisotopic (exact) mass is 355 g/mol. The normalized spacial score (nSPS) is 10.4. The molecule has 0 bridgehead atoms. The Morgan fingerprint density at radius 2 is 1.73 bits per heavy atom. The Hall–Kier alpha value is -2.49. The highest BCUT2D eigenvalue weighted by atomic mass is 16.5.